The SMILES string of the molecule is CCNC(C)(C)CNCc1cnc(C)s1. The van der Waals surface area contributed by atoms with E-state index >= 15 is 0 Å². The number of rotatable bonds is 6. The van der Waals surface area contributed by atoms with Crippen LogP contribution in [0.4, 0.5) is 0 Å². The first-order chi connectivity index (χ1) is 7.03. The number of aromatic nitrogens is 1. The Labute approximate surface area is 96.3 Å². The minimum Gasteiger partial charge on any atom is -0.311 e. The van der Waals surface area contributed by atoms with Gasteiger partial charge in [-0.3, -0.25) is 0 Å². The van der Waals surface area contributed by atoms with Crippen molar-refractivity contribution in [2.75, 3.05) is 13.1 Å². The van der Waals surface area contributed by atoms with E-state index in [1.807, 2.05) is 13.1 Å². The summed E-state index contributed by atoms with van der Waals surface area (Å²) in [5.74, 6) is 0. The van der Waals surface area contributed by atoms with Gasteiger partial charge in [-0.2, -0.15) is 0 Å². The highest BCUT2D eigenvalue weighted by atomic mass is 32.1. The van der Waals surface area contributed by atoms with E-state index in [2.05, 4.69) is 36.4 Å². The van der Waals surface area contributed by atoms with Crippen molar-refractivity contribution in [1.29, 1.82) is 0 Å². The molecule has 0 saturated heterocycles. The van der Waals surface area contributed by atoms with E-state index in [0.717, 1.165) is 24.6 Å². The molecule has 0 atom stereocenters. The van der Waals surface area contributed by atoms with Gasteiger partial charge in [-0.05, 0) is 27.3 Å². The van der Waals surface area contributed by atoms with E-state index in [1.165, 1.54) is 4.88 Å². The van der Waals surface area contributed by atoms with E-state index < -0.39 is 0 Å². The highest BCUT2D eigenvalue weighted by Crippen LogP contribution is 2.11. The van der Waals surface area contributed by atoms with Crippen molar-refractivity contribution in [2.24, 2.45) is 0 Å². The number of likely N-dealkylation sites (N-methyl/N-ethyl adjacent to an activating group) is 1. The van der Waals surface area contributed by atoms with Gasteiger partial charge in [0, 0.05) is 29.7 Å². The molecule has 4 heteroatoms. The number of nitrogens with one attached hydrogen (secondary N) is 2. The molecule has 0 aliphatic carbocycles. The van der Waals surface area contributed by atoms with Crippen LogP contribution in [0.25, 0.3) is 0 Å². The first-order valence-corrected chi connectivity index (χ1v) is 6.22. The van der Waals surface area contributed by atoms with E-state index in [0.29, 0.717) is 0 Å². The van der Waals surface area contributed by atoms with Crippen LogP contribution in [0.15, 0.2) is 6.20 Å². The molecule has 1 rings (SSSR count). The molecule has 1 heterocycles. The predicted octanol–water partition coefficient (Wildman–Crippen LogP) is 1.93. The summed E-state index contributed by atoms with van der Waals surface area (Å²) in [4.78, 5) is 5.54. The molecule has 0 spiro atoms. The third-order valence-corrected chi connectivity index (χ3v) is 3.10. The lowest BCUT2D eigenvalue weighted by molar-refractivity contribution is 0.374. The Kier molecular flexibility index (Phi) is 4.70. The van der Waals surface area contributed by atoms with E-state index in [-0.39, 0.29) is 5.54 Å². The molecule has 86 valence electrons. The van der Waals surface area contributed by atoms with Crippen LogP contribution in [0.3, 0.4) is 0 Å². The summed E-state index contributed by atoms with van der Waals surface area (Å²) in [5.41, 5.74) is 0.161. The normalized spacial score (nSPS) is 12.0. The molecule has 1 aromatic heterocycles. The van der Waals surface area contributed by atoms with Crippen molar-refractivity contribution in [3.05, 3.63) is 16.1 Å². The fraction of sp³-hybridized carbons (Fsp3) is 0.727. The minimum absolute atomic E-state index is 0.161. The Morgan fingerprint density at radius 3 is 2.73 bits per heavy atom. The fourth-order valence-corrected chi connectivity index (χ4v) is 2.29. The van der Waals surface area contributed by atoms with Crippen LogP contribution in [-0.2, 0) is 6.54 Å². The second kappa shape index (κ2) is 5.58. The molecule has 0 aliphatic heterocycles. The molecule has 0 aliphatic rings. The van der Waals surface area contributed by atoms with Crippen LogP contribution < -0.4 is 10.6 Å². The van der Waals surface area contributed by atoms with Crippen molar-refractivity contribution in [1.82, 2.24) is 15.6 Å². The summed E-state index contributed by atoms with van der Waals surface area (Å²) < 4.78 is 0. The van der Waals surface area contributed by atoms with Gasteiger partial charge in [0.2, 0.25) is 0 Å². The molecule has 0 bridgehead atoms. The summed E-state index contributed by atoms with van der Waals surface area (Å²) in [6, 6.07) is 0. The van der Waals surface area contributed by atoms with E-state index in [4.69, 9.17) is 0 Å². The Bertz CT molecular complexity index is 294. The summed E-state index contributed by atoms with van der Waals surface area (Å²) in [5, 5.41) is 8.02. The average Bonchev–Trinajstić information content (AvgIpc) is 2.51. The summed E-state index contributed by atoms with van der Waals surface area (Å²) >= 11 is 1.76. The zero-order chi connectivity index (χ0) is 11.3. The molecule has 0 aromatic carbocycles. The Morgan fingerprint density at radius 1 is 1.47 bits per heavy atom. The average molecular weight is 227 g/mol. The maximum atomic E-state index is 4.23. The highest BCUT2D eigenvalue weighted by Gasteiger charge is 2.14. The lowest BCUT2D eigenvalue weighted by Crippen LogP contribution is -2.47. The second-order valence-corrected chi connectivity index (χ2v) is 5.68. The Balaban J connectivity index is 2.27. The van der Waals surface area contributed by atoms with Gasteiger partial charge >= 0.3 is 0 Å². The van der Waals surface area contributed by atoms with Crippen molar-refractivity contribution in [2.45, 2.75) is 39.8 Å². The van der Waals surface area contributed by atoms with Gasteiger partial charge in [0.1, 0.15) is 0 Å². The standard InChI is InChI=1S/C11H21N3S/c1-5-14-11(3,4)8-12-6-10-7-13-9(2)15-10/h7,12,14H,5-6,8H2,1-4H3. The van der Waals surface area contributed by atoms with Gasteiger partial charge in [0.25, 0.3) is 0 Å². The topological polar surface area (TPSA) is 37.0 Å². The lowest BCUT2D eigenvalue weighted by atomic mass is 10.1. The lowest BCUT2D eigenvalue weighted by Gasteiger charge is -2.25. The Morgan fingerprint density at radius 2 is 2.20 bits per heavy atom. The molecule has 0 fully saturated rings. The molecule has 3 nitrogen and oxygen atoms in total. The van der Waals surface area contributed by atoms with Crippen molar-refractivity contribution >= 4 is 11.3 Å². The van der Waals surface area contributed by atoms with Gasteiger partial charge in [0.05, 0.1) is 5.01 Å². The van der Waals surface area contributed by atoms with Crippen LogP contribution in [0, 0.1) is 6.92 Å². The van der Waals surface area contributed by atoms with Gasteiger partial charge < -0.3 is 10.6 Å². The summed E-state index contributed by atoms with van der Waals surface area (Å²) in [7, 11) is 0. The third kappa shape index (κ3) is 4.73. The maximum Gasteiger partial charge on any atom is 0.0897 e. The van der Waals surface area contributed by atoms with E-state index in [9.17, 15) is 0 Å². The van der Waals surface area contributed by atoms with Crippen molar-refractivity contribution in [3.63, 3.8) is 0 Å². The fourth-order valence-electron chi connectivity index (χ4n) is 1.53. The van der Waals surface area contributed by atoms with Crippen molar-refractivity contribution < 1.29 is 0 Å². The first kappa shape index (κ1) is 12.6. The number of aryl methyl sites for hydroxylation is 1. The van der Waals surface area contributed by atoms with Crippen LogP contribution >= 0.6 is 11.3 Å². The molecule has 2 N–H and O–H groups in total. The van der Waals surface area contributed by atoms with Gasteiger partial charge in [-0.15, -0.1) is 11.3 Å². The summed E-state index contributed by atoms with van der Waals surface area (Å²) in [6.07, 6.45) is 1.95. The minimum atomic E-state index is 0.161. The molecule has 0 unspecified atom stereocenters. The number of hydrogen-bond acceptors (Lipinski definition) is 4. The maximum absolute atomic E-state index is 4.23. The van der Waals surface area contributed by atoms with Crippen LogP contribution in [-0.4, -0.2) is 23.6 Å². The molecule has 0 amide bonds. The smallest absolute Gasteiger partial charge is 0.0897 e. The molecule has 0 saturated carbocycles. The van der Waals surface area contributed by atoms with Crippen LogP contribution in [0.1, 0.15) is 30.7 Å². The monoisotopic (exact) mass is 227 g/mol. The molecule has 0 radical (unpaired) electrons. The van der Waals surface area contributed by atoms with Gasteiger partial charge in [0.15, 0.2) is 0 Å². The predicted molar refractivity (Wildman–Crippen MR) is 66.3 cm³/mol. The van der Waals surface area contributed by atoms with Crippen LogP contribution in [0.2, 0.25) is 0 Å². The first-order valence-electron chi connectivity index (χ1n) is 5.40. The molecular weight excluding hydrogens is 206 g/mol. The Hall–Kier alpha value is -0.450. The molecular formula is C11H21N3S. The zero-order valence-electron chi connectivity index (χ0n) is 10.1. The molecule has 15 heavy (non-hydrogen) atoms. The quantitative estimate of drug-likeness (QED) is 0.780. The highest BCUT2D eigenvalue weighted by molar-refractivity contribution is 7.11. The number of nitrogens with zero attached hydrogens (tertiary/aromatic N) is 1. The van der Waals surface area contributed by atoms with Gasteiger partial charge in [-0.25, -0.2) is 4.98 Å². The largest absolute Gasteiger partial charge is 0.311 e. The second-order valence-electron chi connectivity index (χ2n) is 4.36. The van der Waals surface area contributed by atoms with Gasteiger partial charge in [-0.1, -0.05) is 6.92 Å². The van der Waals surface area contributed by atoms with Crippen molar-refractivity contribution in [3.8, 4) is 0 Å². The van der Waals surface area contributed by atoms with Crippen LogP contribution in [0.5, 0.6) is 0 Å². The zero-order valence-corrected chi connectivity index (χ0v) is 10.9. The summed E-state index contributed by atoms with van der Waals surface area (Å²) in [6.45, 7) is 11.5. The molecule has 1 aromatic rings. The van der Waals surface area contributed by atoms with E-state index in [1.54, 1.807) is 11.3 Å². The number of hydrogen-bond donors (Lipinski definition) is 2. The third-order valence-electron chi connectivity index (χ3n) is 2.19. The number of thiazole rings is 1.